The highest BCUT2D eigenvalue weighted by Gasteiger charge is 2.55. The lowest BCUT2D eigenvalue weighted by Crippen LogP contribution is -2.66. The molecule has 2 aliphatic rings. The van der Waals surface area contributed by atoms with Gasteiger partial charge in [0.05, 0.1) is 5.75 Å². The van der Waals surface area contributed by atoms with Crippen molar-refractivity contribution in [2.75, 3.05) is 12.3 Å². The van der Waals surface area contributed by atoms with Crippen molar-refractivity contribution < 1.29 is 17.2 Å². The van der Waals surface area contributed by atoms with Gasteiger partial charge in [0.25, 0.3) is 5.92 Å². The Morgan fingerprint density at radius 1 is 1.44 bits per heavy atom. The minimum Gasteiger partial charge on any atom is -0.324 e. The fraction of sp³-hybridized carbons (Fsp3) is 1.00. The second-order valence-corrected chi connectivity index (χ2v) is 7.35. The molecule has 2 rings (SSSR count). The van der Waals surface area contributed by atoms with E-state index in [-0.39, 0.29) is 31.1 Å². The zero-order valence-electron chi connectivity index (χ0n) is 9.04. The minimum absolute atomic E-state index is 0.0363. The average Bonchev–Trinajstić information content (AvgIpc) is 1.97. The summed E-state index contributed by atoms with van der Waals surface area (Å²) in [5.41, 5.74) is 4.75. The van der Waals surface area contributed by atoms with Crippen LogP contribution >= 0.6 is 0 Å². The molecule has 0 spiro atoms. The zero-order valence-corrected chi connectivity index (χ0v) is 9.86. The van der Waals surface area contributed by atoms with E-state index < -0.39 is 26.7 Å². The van der Waals surface area contributed by atoms with Crippen LogP contribution in [0.3, 0.4) is 0 Å². The monoisotopic (exact) mass is 254 g/mol. The van der Waals surface area contributed by atoms with E-state index in [9.17, 15) is 17.2 Å². The summed E-state index contributed by atoms with van der Waals surface area (Å²) in [6.07, 6.45) is -0.734. The Hall–Kier alpha value is -0.270. The van der Waals surface area contributed by atoms with Gasteiger partial charge in [0.1, 0.15) is 5.37 Å². The molecule has 0 bridgehead atoms. The number of nitrogens with one attached hydrogen (secondary N) is 1. The van der Waals surface area contributed by atoms with E-state index in [0.29, 0.717) is 0 Å². The third-order valence-corrected chi connectivity index (χ3v) is 5.67. The fourth-order valence-corrected chi connectivity index (χ4v) is 4.44. The number of halogens is 2. The molecule has 1 saturated heterocycles. The predicted molar refractivity (Wildman–Crippen MR) is 55.8 cm³/mol. The van der Waals surface area contributed by atoms with Crippen molar-refractivity contribution in [3.63, 3.8) is 0 Å². The molecule has 0 aromatic heterocycles. The Labute approximate surface area is 93.5 Å². The number of hydrogen-bond acceptors (Lipinski definition) is 4. The number of rotatable bonds is 3. The van der Waals surface area contributed by atoms with Crippen molar-refractivity contribution in [2.45, 2.75) is 36.6 Å². The van der Waals surface area contributed by atoms with Gasteiger partial charge in [0.15, 0.2) is 9.84 Å². The lowest BCUT2D eigenvalue weighted by molar-refractivity contribution is -0.121. The number of sulfone groups is 1. The predicted octanol–water partition coefficient (Wildman–Crippen LogP) is 0.0932. The van der Waals surface area contributed by atoms with E-state index in [1.54, 1.807) is 0 Å². The molecule has 1 saturated carbocycles. The van der Waals surface area contributed by atoms with Gasteiger partial charge in [-0.1, -0.05) is 6.92 Å². The first-order valence-electron chi connectivity index (χ1n) is 5.25. The highest BCUT2D eigenvalue weighted by molar-refractivity contribution is 7.93. The second-order valence-electron chi connectivity index (χ2n) is 5.18. The van der Waals surface area contributed by atoms with Crippen LogP contribution in [0.4, 0.5) is 8.78 Å². The van der Waals surface area contributed by atoms with Crippen LogP contribution in [-0.2, 0) is 9.84 Å². The Bertz CT molecular complexity index is 388. The van der Waals surface area contributed by atoms with Gasteiger partial charge < -0.3 is 5.73 Å². The van der Waals surface area contributed by atoms with Crippen LogP contribution in [0.1, 0.15) is 19.8 Å². The molecule has 94 valence electrons. The van der Waals surface area contributed by atoms with Crippen molar-refractivity contribution in [3.8, 4) is 0 Å². The molecule has 4 nitrogen and oxygen atoms in total. The summed E-state index contributed by atoms with van der Waals surface area (Å²) in [4.78, 5) is 0. The van der Waals surface area contributed by atoms with E-state index in [4.69, 9.17) is 5.73 Å². The summed E-state index contributed by atoms with van der Waals surface area (Å²) in [5.74, 6) is -2.48. The van der Waals surface area contributed by atoms with Gasteiger partial charge >= 0.3 is 0 Å². The molecule has 2 unspecified atom stereocenters. The molecule has 0 radical (unpaired) electrons. The summed E-state index contributed by atoms with van der Waals surface area (Å²) in [6, 6.07) is 0. The number of nitrogens with two attached hydrogens (primary N) is 1. The van der Waals surface area contributed by atoms with Gasteiger partial charge in [-0.25, -0.2) is 17.2 Å². The van der Waals surface area contributed by atoms with Gasteiger partial charge in [-0.2, -0.15) is 0 Å². The van der Waals surface area contributed by atoms with E-state index in [1.807, 2.05) is 6.92 Å². The third kappa shape index (κ3) is 2.08. The summed E-state index contributed by atoms with van der Waals surface area (Å²) >= 11 is 0. The number of hydrogen-bond donors (Lipinski definition) is 2. The maximum atomic E-state index is 12.7. The maximum Gasteiger partial charge on any atom is 0.251 e. The Morgan fingerprint density at radius 2 is 2.00 bits per heavy atom. The van der Waals surface area contributed by atoms with Crippen LogP contribution in [0.2, 0.25) is 0 Å². The molecule has 0 aromatic rings. The minimum atomic E-state index is -3.06. The number of alkyl halides is 2. The lowest BCUT2D eigenvalue weighted by atomic mass is 9.74. The summed E-state index contributed by atoms with van der Waals surface area (Å²) in [5, 5.41) is 2.18. The molecule has 0 amide bonds. The molecule has 1 aliphatic carbocycles. The Kier molecular flexibility index (Phi) is 2.56. The van der Waals surface area contributed by atoms with Gasteiger partial charge in [-0.05, 0) is 5.92 Å². The van der Waals surface area contributed by atoms with Crippen LogP contribution in [0.25, 0.3) is 0 Å². The molecule has 2 atom stereocenters. The molecule has 2 fully saturated rings. The topological polar surface area (TPSA) is 72.2 Å². The van der Waals surface area contributed by atoms with E-state index >= 15 is 0 Å². The smallest absolute Gasteiger partial charge is 0.251 e. The van der Waals surface area contributed by atoms with Gasteiger partial charge in [-0.15, -0.1) is 0 Å². The normalized spacial score (nSPS) is 38.5. The molecular weight excluding hydrogens is 238 g/mol. The highest BCUT2D eigenvalue weighted by Crippen LogP contribution is 2.43. The molecule has 0 aromatic carbocycles. The van der Waals surface area contributed by atoms with Gasteiger partial charge in [0.2, 0.25) is 0 Å². The standard InChI is InChI=1S/C9H16F2N2O2S/c1-6-2-16(14,15)7(6)13-5-8(12)3-9(10,11)4-8/h6-7,13H,2-5,12H2,1H3. The maximum absolute atomic E-state index is 12.7. The lowest BCUT2D eigenvalue weighted by Gasteiger charge is -2.46. The van der Waals surface area contributed by atoms with Crippen LogP contribution in [0, 0.1) is 5.92 Å². The third-order valence-electron chi connectivity index (χ3n) is 3.28. The quantitative estimate of drug-likeness (QED) is 0.749. The SMILES string of the molecule is CC1CS(=O)(=O)C1NCC1(N)CC(F)(F)C1. The molecule has 16 heavy (non-hydrogen) atoms. The second kappa shape index (κ2) is 3.36. The summed E-state index contributed by atoms with van der Waals surface area (Å²) in [7, 11) is -3.06. The first-order chi connectivity index (χ1) is 7.14. The zero-order chi connectivity index (χ0) is 12.2. The van der Waals surface area contributed by atoms with Crippen LogP contribution in [0.15, 0.2) is 0 Å². The molecular formula is C9H16F2N2O2S. The van der Waals surface area contributed by atoms with Gasteiger partial charge in [-0.3, -0.25) is 5.32 Å². The fourth-order valence-electron chi connectivity index (χ4n) is 2.52. The van der Waals surface area contributed by atoms with E-state index in [0.717, 1.165) is 0 Å². The van der Waals surface area contributed by atoms with Crippen molar-refractivity contribution in [1.29, 1.82) is 0 Å². The largest absolute Gasteiger partial charge is 0.324 e. The average molecular weight is 254 g/mol. The first kappa shape index (κ1) is 12.2. The molecule has 1 aliphatic heterocycles. The van der Waals surface area contributed by atoms with Crippen LogP contribution in [0.5, 0.6) is 0 Å². The van der Waals surface area contributed by atoms with Crippen LogP contribution in [-0.4, -0.2) is 37.6 Å². The summed E-state index contributed by atoms with van der Waals surface area (Å²) in [6.45, 7) is 1.95. The van der Waals surface area contributed by atoms with Crippen molar-refractivity contribution >= 4 is 9.84 Å². The molecule has 3 N–H and O–H groups in total. The van der Waals surface area contributed by atoms with Crippen LogP contribution < -0.4 is 11.1 Å². The Morgan fingerprint density at radius 3 is 2.38 bits per heavy atom. The highest BCUT2D eigenvalue weighted by atomic mass is 32.2. The Balaban J connectivity index is 1.85. The van der Waals surface area contributed by atoms with Crippen molar-refractivity contribution in [3.05, 3.63) is 0 Å². The van der Waals surface area contributed by atoms with E-state index in [2.05, 4.69) is 5.32 Å². The molecule has 1 heterocycles. The van der Waals surface area contributed by atoms with Gasteiger partial charge in [0, 0.05) is 24.9 Å². The molecule has 7 heteroatoms. The summed E-state index contributed by atoms with van der Waals surface area (Å²) < 4.78 is 48.0. The van der Waals surface area contributed by atoms with E-state index in [1.165, 1.54) is 0 Å². The van der Waals surface area contributed by atoms with Crippen molar-refractivity contribution in [1.82, 2.24) is 5.32 Å². The van der Waals surface area contributed by atoms with Crippen molar-refractivity contribution in [2.24, 2.45) is 11.7 Å². The first-order valence-corrected chi connectivity index (χ1v) is 6.97.